The summed E-state index contributed by atoms with van der Waals surface area (Å²) in [7, 11) is 8.72. The number of rotatable bonds is 21. The number of hydrogen-bond acceptors (Lipinski definition) is 22. The van der Waals surface area contributed by atoms with Crippen molar-refractivity contribution in [2.45, 2.75) is 27.7 Å². The van der Waals surface area contributed by atoms with Gasteiger partial charge in [0.2, 0.25) is 0 Å². The van der Waals surface area contributed by atoms with Gasteiger partial charge < -0.3 is 59.1 Å². The first-order chi connectivity index (χ1) is 40.7. The number of nitriles is 4. The molecule has 0 amide bonds. The van der Waals surface area contributed by atoms with Crippen LogP contribution in [0.15, 0.2) is 139 Å². The van der Waals surface area contributed by atoms with Crippen LogP contribution in [0, 0.1) is 45.3 Å². The second-order valence-electron chi connectivity index (χ2n) is 15.4. The smallest absolute Gasteiger partial charge is 0.870 e. The van der Waals surface area contributed by atoms with Crippen LogP contribution in [0.1, 0.15) is 61.1 Å². The van der Waals surface area contributed by atoms with Crippen molar-refractivity contribution in [1.29, 1.82) is 21.0 Å². The third-order valence-electron chi connectivity index (χ3n) is 9.83. The molecule has 0 spiro atoms. The van der Waals surface area contributed by atoms with Crippen LogP contribution < -0.4 is 59.1 Å². The van der Waals surface area contributed by atoms with Crippen LogP contribution in [0.2, 0.25) is 0 Å². The van der Waals surface area contributed by atoms with Crippen molar-refractivity contribution in [2.24, 2.45) is 30.0 Å². The fraction of sp³-hybridized carbons (Fsp3) is 0.258. The molecule has 6 aromatic carbocycles. The minimum absolute atomic E-state index is 0. The van der Waals surface area contributed by atoms with Crippen LogP contribution in [0.3, 0.4) is 0 Å². The Bertz CT molecular complexity index is 2720. The molecule has 0 aliphatic rings. The Morgan fingerprint density at radius 3 is 0.512 bits per heavy atom. The largest absolute Gasteiger partial charge is 3.00 e. The number of hydrogen-bond donors (Lipinski definition) is 0. The molecule has 86 heavy (non-hydrogen) atoms. The molecule has 0 aliphatic heterocycles. The first-order valence-corrected chi connectivity index (χ1v) is 24.9. The van der Waals surface area contributed by atoms with E-state index in [9.17, 15) is 30.6 Å². The summed E-state index contributed by atoms with van der Waals surface area (Å²) in [6.45, 7) is 8.17. The number of benzene rings is 6. The number of ether oxygens (including phenoxy) is 6. The van der Waals surface area contributed by atoms with E-state index >= 15 is 0 Å². The van der Waals surface area contributed by atoms with Crippen LogP contribution in [0.5, 0.6) is 69.0 Å². The van der Waals surface area contributed by atoms with Gasteiger partial charge in [-0.15, -0.1) is 0 Å². The maximum absolute atomic E-state index is 11.9. The molecule has 0 bridgehead atoms. The van der Waals surface area contributed by atoms with Crippen molar-refractivity contribution >= 4 is 37.3 Å². The van der Waals surface area contributed by atoms with E-state index in [4.69, 9.17) is 49.5 Å². The van der Waals surface area contributed by atoms with Gasteiger partial charge in [-0.2, -0.15) is 21.0 Å². The summed E-state index contributed by atoms with van der Waals surface area (Å²) >= 11 is 0. The summed E-state index contributed by atoms with van der Waals surface area (Å²) < 4.78 is 29.8. The molecule has 0 unspecified atom stereocenters. The minimum Gasteiger partial charge on any atom is -0.870 e. The predicted molar refractivity (Wildman–Crippen MR) is 315 cm³/mol. The molecule has 0 radical (unpaired) electrons. The zero-order valence-electron chi connectivity index (χ0n) is 49.1. The first-order valence-electron chi connectivity index (χ1n) is 24.9. The summed E-state index contributed by atoms with van der Waals surface area (Å²) in [6.07, 6.45) is 9.03. The van der Waals surface area contributed by atoms with E-state index in [1.807, 2.05) is 0 Å². The second kappa shape index (κ2) is 50.6. The van der Waals surface area contributed by atoms with Crippen molar-refractivity contribution in [2.75, 3.05) is 81.9 Å². The van der Waals surface area contributed by atoms with Gasteiger partial charge in [-0.25, -0.2) is 0 Å². The van der Waals surface area contributed by atoms with E-state index in [0.717, 1.165) is 0 Å². The zero-order valence-corrected chi connectivity index (χ0v) is 51.2. The van der Waals surface area contributed by atoms with E-state index < -0.39 is 0 Å². The van der Waals surface area contributed by atoms with Gasteiger partial charge in [0.1, 0.15) is 34.5 Å². The molecule has 6 rings (SSSR count). The normalized spacial score (nSPS) is 9.79. The molecular formula is C62H66Co2N10O12. The molecule has 0 saturated heterocycles. The van der Waals surface area contributed by atoms with Crippen molar-refractivity contribution < 1.29 is 92.6 Å². The Balaban J connectivity index is -0.00000108. The fourth-order valence-corrected chi connectivity index (χ4v) is 6.10. The maximum atomic E-state index is 11.9. The van der Waals surface area contributed by atoms with Gasteiger partial charge in [-0.05, 0) is 69.8 Å². The Morgan fingerprint density at radius 2 is 0.407 bits per heavy atom. The van der Waals surface area contributed by atoms with Crippen molar-refractivity contribution in [1.82, 2.24) is 0 Å². The number of para-hydroxylation sites is 6. The van der Waals surface area contributed by atoms with Gasteiger partial charge in [0.25, 0.3) is 0 Å². The minimum atomic E-state index is -0.195. The predicted octanol–water partition coefficient (Wildman–Crippen LogP) is 6.28. The molecule has 22 nitrogen and oxygen atoms in total. The van der Waals surface area contributed by atoms with Gasteiger partial charge in [0.15, 0.2) is 0 Å². The van der Waals surface area contributed by atoms with Crippen LogP contribution in [-0.2, 0) is 33.6 Å². The van der Waals surface area contributed by atoms with Crippen LogP contribution in [-0.4, -0.2) is 119 Å². The summed E-state index contributed by atoms with van der Waals surface area (Å²) in [5.41, 5.74) is 2.79. The standard InChI is InChI=1S/3C18H20N2O4.4C2H3N.2Co/c3*1-23-15-7-3-5-13(17(15)21)11-19-9-10-20-12-14-6-4-8-16(24-2)18(14)22;4*1-2-3;;/h3*3-8,11-12,21-22H,9-10H2,1-2H3;4*1H3;;/q;;;;;;;2*+3/p-6. The molecule has 0 heterocycles. The summed E-state index contributed by atoms with van der Waals surface area (Å²) in [6, 6.07) is 37.1. The Hall–Kier alpha value is -10.1. The molecule has 454 valence electrons. The Morgan fingerprint density at radius 1 is 0.291 bits per heavy atom. The SMILES string of the molecule is CC#N.CC#N.CC#N.CC#N.COc1cccc(C=NCCN=Cc2cccc(OC)c2[O-])c1[O-].COc1cccc(C=NCCN=Cc2cccc(OC)c2[O-])c1[O-].COc1cccc(C=NCCN=Cc2cccc(OC)c2[O-])c1[O-].[Co+3].[Co+3]. The molecule has 6 aromatic rings. The summed E-state index contributed by atoms with van der Waals surface area (Å²) in [4.78, 5) is 25.0. The van der Waals surface area contributed by atoms with Crippen molar-refractivity contribution in [3.63, 3.8) is 0 Å². The monoisotopic (exact) mass is 1260 g/mol. The van der Waals surface area contributed by atoms with Crippen LogP contribution >= 0.6 is 0 Å². The molecule has 0 N–H and O–H groups in total. The molecule has 0 saturated carbocycles. The van der Waals surface area contributed by atoms with E-state index in [2.05, 4.69) is 30.0 Å². The van der Waals surface area contributed by atoms with Crippen molar-refractivity contribution in [3.05, 3.63) is 143 Å². The third kappa shape index (κ3) is 30.8. The van der Waals surface area contributed by atoms with Crippen LogP contribution in [0.25, 0.3) is 0 Å². The molecule has 0 aliphatic carbocycles. The van der Waals surface area contributed by atoms with Crippen molar-refractivity contribution in [3.8, 4) is 93.3 Å². The van der Waals surface area contributed by atoms with Gasteiger partial charge in [0.05, 0.1) is 106 Å². The average Bonchev–Trinajstić information content (AvgIpc) is 3.59. The van der Waals surface area contributed by atoms with Gasteiger partial charge in [0, 0.05) is 65.0 Å². The third-order valence-corrected chi connectivity index (χ3v) is 9.83. The zero-order chi connectivity index (χ0) is 62.9. The molecule has 24 heteroatoms. The first kappa shape index (κ1) is 80.1. The Kier molecular flexibility index (Phi) is 47.2. The molecule has 0 aromatic heterocycles. The average molecular weight is 1260 g/mol. The van der Waals surface area contributed by atoms with E-state index in [1.165, 1.54) is 108 Å². The van der Waals surface area contributed by atoms with Gasteiger partial charge >= 0.3 is 33.6 Å². The number of aliphatic imine (C=N–C) groups is 6. The number of nitrogens with zero attached hydrogens (tertiary/aromatic N) is 10. The van der Waals surface area contributed by atoms with Gasteiger partial charge in [-0.1, -0.05) is 107 Å². The summed E-state index contributed by atoms with van der Waals surface area (Å²) in [5, 5.41) is 101. The van der Waals surface area contributed by atoms with E-state index in [1.54, 1.807) is 133 Å². The molecule has 0 fully saturated rings. The van der Waals surface area contributed by atoms with E-state index in [0.29, 0.717) is 72.6 Å². The van der Waals surface area contributed by atoms with E-state index in [-0.39, 0.29) is 103 Å². The second-order valence-corrected chi connectivity index (χ2v) is 15.4. The summed E-state index contributed by atoms with van der Waals surface area (Å²) in [5.74, 6) is 0.570. The number of methoxy groups -OCH3 is 6. The van der Waals surface area contributed by atoms with Gasteiger partial charge in [-0.3, -0.25) is 30.0 Å². The fourth-order valence-electron chi connectivity index (χ4n) is 6.10. The Labute approximate surface area is 523 Å². The maximum Gasteiger partial charge on any atom is 3.00 e. The quantitative estimate of drug-likeness (QED) is 0.0565. The molecule has 0 atom stereocenters. The topological polar surface area (TPSA) is 363 Å². The van der Waals surface area contributed by atoms with Crippen LogP contribution in [0.4, 0.5) is 0 Å². The molecular weight excluding hydrogens is 1190 g/mol.